The number of amides is 1. The maximum Gasteiger partial charge on any atom is 0.258 e. The predicted molar refractivity (Wildman–Crippen MR) is 104 cm³/mol. The van der Waals surface area contributed by atoms with Crippen LogP contribution in [0, 0.1) is 11.8 Å². The molecule has 6 heteroatoms. The fourth-order valence-electron chi connectivity index (χ4n) is 4.34. The molecule has 4 rings (SSSR count). The van der Waals surface area contributed by atoms with Gasteiger partial charge in [0, 0.05) is 10.9 Å². The second kappa shape index (κ2) is 7.51. The first-order valence-electron chi connectivity index (χ1n) is 9.81. The highest BCUT2D eigenvalue weighted by Crippen LogP contribution is 2.38. The van der Waals surface area contributed by atoms with Gasteiger partial charge in [-0.05, 0) is 49.5 Å². The highest BCUT2D eigenvalue weighted by atomic mass is 32.1. The third-order valence-corrected chi connectivity index (χ3v) is 7.31. The van der Waals surface area contributed by atoms with Gasteiger partial charge in [0.2, 0.25) is 5.88 Å². The van der Waals surface area contributed by atoms with Crippen LogP contribution >= 0.6 is 11.3 Å². The number of carbonyl (C=O) groups excluding carboxylic acids is 1. The summed E-state index contributed by atoms with van der Waals surface area (Å²) in [4.78, 5) is 23.6. The summed E-state index contributed by atoms with van der Waals surface area (Å²) in [5, 5.41) is 4.20. The number of nitrogens with zero attached hydrogens (tertiary/aromatic N) is 2. The largest absolute Gasteiger partial charge is 0.467 e. The first-order chi connectivity index (χ1) is 12.6. The van der Waals surface area contributed by atoms with Crippen LogP contribution in [0.15, 0.2) is 6.33 Å². The lowest BCUT2D eigenvalue weighted by Crippen LogP contribution is -2.45. The van der Waals surface area contributed by atoms with Crippen LogP contribution in [0.4, 0.5) is 0 Å². The standard InChI is InChI=1S/C20H27N3O2S/c1-12-6-5-8-15(13(12)2)23-17(24)10-25-19-18-14-7-3-4-9-16(14)26-20(18)22-11-21-19/h11-13,15H,3-10H2,1-2H3,(H,23,24)/t12-,13+,15+/m0/s1. The molecule has 1 amide bonds. The van der Waals surface area contributed by atoms with E-state index in [0.29, 0.717) is 17.7 Å². The Bertz CT molecular complexity index is 804. The summed E-state index contributed by atoms with van der Waals surface area (Å²) in [5.41, 5.74) is 1.34. The van der Waals surface area contributed by atoms with Crippen LogP contribution in [-0.2, 0) is 17.6 Å². The van der Waals surface area contributed by atoms with Crippen LogP contribution in [-0.4, -0.2) is 28.5 Å². The topological polar surface area (TPSA) is 64.1 Å². The van der Waals surface area contributed by atoms with E-state index in [0.717, 1.165) is 29.5 Å². The molecule has 3 atom stereocenters. The van der Waals surface area contributed by atoms with Crippen molar-refractivity contribution in [2.24, 2.45) is 11.8 Å². The van der Waals surface area contributed by atoms with Gasteiger partial charge in [0.1, 0.15) is 11.2 Å². The average molecular weight is 374 g/mol. The summed E-state index contributed by atoms with van der Waals surface area (Å²) in [7, 11) is 0. The van der Waals surface area contributed by atoms with Gasteiger partial charge < -0.3 is 10.1 Å². The molecule has 0 radical (unpaired) electrons. The van der Waals surface area contributed by atoms with E-state index in [1.807, 2.05) is 0 Å². The third kappa shape index (κ3) is 3.43. The Balaban J connectivity index is 1.44. The molecule has 2 aliphatic rings. The van der Waals surface area contributed by atoms with Gasteiger partial charge in [-0.3, -0.25) is 4.79 Å². The molecule has 26 heavy (non-hydrogen) atoms. The lowest BCUT2D eigenvalue weighted by atomic mass is 9.78. The molecule has 2 aromatic heterocycles. The molecule has 0 spiro atoms. The number of aromatic nitrogens is 2. The minimum absolute atomic E-state index is 0.0222. The first-order valence-corrected chi connectivity index (χ1v) is 10.6. The van der Waals surface area contributed by atoms with Gasteiger partial charge in [-0.15, -0.1) is 11.3 Å². The molecule has 1 saturated carbocycles. The molecule has 5 nitrogen and oxygen atoms in total. The molecule has 2 aromatic rings. The summed E-state index contributed by atoms with van der Waals surface area (Å²) in [5.74, 6) is 1.69. The Hall–Kier alpha value is -1.69. The number of aryl methyl sites for hydroxylation is 2. The molecule has 0 aliphatic heterocycles. The summed E-state index contributed by atoms with van der Waals surface area (Å²) in [6, 6.07) is 0.258. The summed E-state index contributed by atoms with van der Waals surface area (Å²) in [6.07, 6.45) is 9.67. The van der Waals surface area contributed by atoms with Crippen molar-refractivity contribution in [3.63, 3.8) is 0 Å². The van der Waals surface area contributed by atoms with Crippen LogP contribution < -0.4 is 10.1 Å². The molecule has 0 unspecified atom stereocenters. The monoisotopic (exact) mass is 373 g/mol. The highest BCUT2D eigenvalue weighted by molar-refractivity contribution is 7.18. The van der Waals surface area contributed by atoms with Gasteiger partial charge in [0.05, 0.1) is 5.39 Å². The fraction of sp³-hybridized carbons (Fsp3) is 0.650. The zero-order valence-corrected chi connectivity index (χ0v) is 16.4. The number of rotatable bonds is 4. The number of thiophene rings is 1. The quantitative estimate of drug-likeness (QED) is 0.883. The fourth-order valence-corrected chi connectivity index (χ4v) is 5.56. The third-order valence-electron chi connectivity index (χ3n) is 6.11. The van der Waals surface area contributed by atoms with E-state index in [-0.39, 0.29) is 18.6 Å². The number of hydrogen-bond acceptors (Lipinski definition) is 5. The van der Waals surface area contributed by atoms with Gasteiger partial charge in [0.15, 0.2) is 6.61 Å². The maximum absolute atomic E-state index is 12.4. The molecular weight excluding hydrogens is 346 g/mol. The zero-order chi connectivity index (χ0) is 18.1. The number of nitrogens with one attached hydrogen (secondary N) is 1. The number of fused-ring (bicyclic) bond motifs is 3. The van der Waals surface area contributed by atoms with E-state index >= 15 is 0 Å². The van der Waals surface area contributed by atoms with Gasteiger partial charge in [-0.25, -0.2) is 9.97 Å². The number of ether oxygens (including phenoxy) is 1. The van der Waals surface area contributed by atoms with Crippen molar-refractivity contribution < 1.29 is 9.53 Å². The molecule has 0 aromatic carbocycles. The lowest BCUT2D eigenvalue weighted by Gasteiger charge is -2.34. The molecular formula is C20H27N3O2S. The Morgan fingerprint density at radius 1 is 1.23 bits per heavy atom. The van der Waals surface area contributed by atoms with Crippen LogP contribution in [0.25, 0.3) is 10.2 Å². The second-order valence-corrected chi connectivity index (χ2v) is 8.88. The van der Waals surface area contributed by atoms with E-state index in [2.05, 4.69) is 29.1 Å². The summed E-state index contributed by atoms with van der Waals surface area (Å²) < 4.78 is 5.85. The molecule has 2 aliphatic carbocycles. The van der Waals surface area contributed by atoms with Crippen LogP contribution in [0.2, 0.25) is 0 Å². The van der Waals surface area contributed by atoms with E-state index in [1.54, 1.807) is 17.7 Å². The molecule has 0 saturated heterocycles. The molecule has 0 bridgehead atoms. The second-order valence-electron chi connectivity index (χ2n) is 7.80. The maximum atomic E-state index is 12.4. The number of carbonyl (C=O) groups is 1. The summed E-state index contributed by atoms with van der Waals surface area (Å²) in [6.45, 7) is 4.53. The van der Waals surface area contributed by atoms with Crippen LogP contribution in [0.1, 0.15) is 56.4 Å². The molecule has 1 N–H and O–H groups in total. The lowest BCUT2D eigenvalue weighted by molar-refractivity contribution is -0.124. The average Bonchev–Trinajstić information content (AvgIpc) is 3.03. The Morgan fingerprint density at radius 3 is 2.96 bits per heavy atom. The van der Waals surface area contributed by atoms with Crippen molar-refractivity contribution in [1.82, 2.24) is 15.3 Å². The van der Waals surface area contributed by atoms with E-state index in [1.165, 1.54) is 36.1 Å². The normalized spacial score (nSPS) is 25.7. The van der Waals surface area contributed by atoms with Crippen molar-refractivity contribution in [1.29, 1.82) is 0 Å². The Morgan fingerprint density at radius 2 is 2.08 bits per heavy atom. The Kier molecular flexibility index (Phi) is 5.11. The van der Waals surface area contributed by atoms with E-state index in [4.69, 9.17) is 4.74 Å². The minimum Gasteiger partial charge on any atom is -0.467 e. The van der Waals surface area contributed by atoms with Crippen molar-refractivity contribution >= 4 is 27.5 Å². The molecule has 1 fully saturated rings. The molecule has 2 heterocycles. The van der Waals surface area contributed by atoms with Gasteiger partial charge in [-0.1, -0.05) is 26.7 Å². The van der Waals surface area contributed by atoms with Crippen LogP contribution in [0.3, 0.4) is 0 Å². The van der Waals surface area contributed by atoms with Crippen molar-refractivity contribution in [2.75, 3.05) is 6.61 Å². The number of hydrogen-bond donors (Lipinski definition) is 1. The summed E-state index contributed by atoms with van der Waals surface area (Å²) >= 11 is 1.75. The first kappa shape index (κ1) is 17.7. The minimum atomic E-state index is -0.0493. The van der Waals surface area contributed by atoms with E-state index < -0.39 is 0 Å². The van der Waals surface area contributed by atoms with Gasteiger partial charge in [0.25, 0.3) is 5.91 Å². The van der Waals surface area contributed by atoms with Gasteiger partial charge in [-0.2, -0.15) is 0 Å². The SMILES string of the molecule is C[C@@H]1[C@@H](C)CCC[C@H]1NC(=O)COc1ncnc2sc3c(c12)CCCC3. The predicted octanol–water partition coefficient (Wildman–Crippen LogP) is 3.89. The smallest absolute Gasteiger partial charge is 0.258 e. The van der Waals surface area contributed by atoms with Crippen molar-refractivity contribution in [3.05, 3.63) is 16.8 Å². The van der Waals surface area contributed by atoms with E-state index in [9.17, 15) is 4.79 Å². The van der Waals surface area contributed by atoms with Crippen molar-refractivity contribution in [2.45, 2.75) is 64.8 Å². The Labute approximate surface area is 158 Å². The zero-order valence-electron chi connectivity index (χ0n) is 15.6. The van der Waals surface area contributed by atoms with Crippen molar-refractivity contribution in [3.8, 4) is 5.88 Å². The highest BCUT2D eigenvalue weighted by Gasteiger charge is 2.28. The molecule has 140 valence electrons. The van der Waals surface area contributed by atoms with Crippen LogP contribution in [0.5, 0.6) is 5.88 Å². The van der Waals surface area contributed by atoms with Gasteiger partial charge >= 0.3 is 0 Å².